The number of esters is 2. The summed E-state index contributed by atoms with van der Waals surface area (Å²) in [5.74, 6) is 1.35. The molecule has 7 saturated carbocycles. The van der Waals surface area contributed by atoms with Crippen molar-refractivity contribution in [1.29, 1.82) is 0 Å². The van der Waals surface area contributed by atoms with Gasteiger partial charge in [-0.2, -0.15) is 0 Å². The monoisotopic (exact) mass is 965 g/mol. The van der Waals surface area contributed by atoms with E-state index in [1.807, 2.05) is 6.08 Å². The minimum absolute atomic E-state index is 0.00536. The number of ether oxygens (including phenoxy) is 2. The highest BCUT2D eigenvalue weighted by Crippen LogP contribution is 2.77. The Morgan fingerprint density at radius 3 is 1.44 bits per heavy atom. The Hall–Kier alpha value is -2.87. The van der Waals surface area contributed by atoms with Gasteiger partial charge < -0.3 is 14.6 Å². The van der Waals surface area contributed by atoms with E-state index in [0.717, 1.165) is 103 Å². The van der Waals surface area contributed by atoms with Crippen molar-refractivity contribution in [1.82, 2.24) is 0 Å². The maximum atomic E-state index is 14.3. The first-order chi connectivity index (χ1) is 32.2. The van der Waals surface area contributed by atoms with Gasteiger partial charge in [-0.3, -0.25) is 24.0 Å². The third-order valence-corrected chi connectivity index (χ3v) is 25.8. The fraction of sp³-hybridized carbons (Fsp3) is 0.823. The number of methoxy groups -OCH3 is 2. The number of ketones is 3. The van der Waals surface area contributed by atoms with E-state index in [4.69, 9.17) is 9.47 Å². The summed E-state index contributed by atoms with van der Waals surface area (Å²) >= 11 is 0. The summed E-state index contributed by atoms with van der Waals surface area (Å²) in [6.45, 7) is 31.8. The Morgan fingerprint density at radius 2 is 0.971 bits per heavy atom. The summed E-state index contributed by atoms with van der Waals surface area (Å²) in [6, 6.07) is 0. The molecule has 17 atom stereocenters. The van der Waals surface area contributed by atoms with Gasteiger partial charge in [0.25, 0.3) is 0 Å². The zero-order valence-electron chi connectivity index (χ0n) is 46.5. The van der Waals surface area contributed by atoms with Gasteiger partial charge in [-0.1, -0.05) is 100 Å². The van der Waals surface area contributed by atoms with Gasteiger partial charge in [0.15, 0.2) is 17.3 Å². The minimum Gasteiger partial charge on any atom is -0.469 e. The van der Waals surface area contributed by atoms with Gasteiger partial charge in [-0.15, -0.1) is 0 Å². The second-order valence-corrected chi connectivity index (χ2v) is 29.6. The molecule has 0 bridgehead atoms. The molecule has 0 aromatic rings. The number of hydrogen-bond donors (Lipinski definition) is 1. The molecule has 0 spiro atoms. The van der Waals surface area contributed by atoms with Crippen LogP contribution in [0.5, 0.6) is 0 Å². The smallest absolute Gasteiger partial charge is 0.311 e. The summed E-state index contributed by atoms with van der Waals surface area (Å²) in [6.07, 6.45) is 23.1. The Balaban J connectivity index is 0.000000174. The summed E-state index contributed by atoms with van der Waals surface area (Å²) in [7, 11) is 2.99. The van der Waals surface area contributed by atoms with Crippen LogP contribution < -0.4 is 0 Å². The van der Waals surface area contributed by atoms with Crippen LogP contribution in [0.1, 0.15) is 200 Å². The van der Waals surface area contributed by atoms with E-state index in [2.05, 4.69) is 109 Å². The molecule has 0 radical (unpaired) electrons. The van der Waals surface area contributed by atoms with Crippen LogP contribution in [0.2, 0.25) is 0 Å². The highest BCUT2D eigenvalue weighted by atomic mass is 16.5. The van der Waals surface area contributed by atoms with Crippen molar-refractivity contribution in [2.24, 2.45) is 100 Å². The van der Waals surface area contributed by atoms with Crippen molar-refractivity contribution >= 4 is 29.3 Å². The molecule has 8 heteroatoms. The Labute approximate surface area is 422 Å². The quantitative estimate of drug-likeness (QED) is 0.271. The molecule has 0 heterocycles. The molecule has 0 unspecified atom stereocenters. The topological polar surface area (TPSA) is 124 Å². The van der Waals surface area contributed by atoms with E-state index in [-0.39, 0.29) is 108 Å². The summed E-state index contributed by atoms with van der Waals surface area (Å²) in [5.41, 5.74) is 0.432. The van der Waals surface area contributed by atoms with Crippen LogP contribution in [0, 0.1) is 100 Å². The molecule has 0 aromatic carbocycles. The molecule has 1 N–H and O–H groups in total. The standard InChI is InChI=1S/C31H48O4.C31H44O4/c2*1-26(2)22-9-12-31(7)24(29(22,5)11-10-23(26)33)21(32)17-19-20-18-28(4,25(34)35-8)14-13-27(20,3)15-16-30(19,31)6/h17,20,22-24,33H,9-16,18H2,1-8H3;10-11,17,20,22,24H,9,12-16,18H2,1-8H3/t20-,22+,23+,24-,27-,28+,29+,30-,31-;20-,22+,24-,27-,28+,29+,30-,31-/m11/s1. The molecule has 7 fully saturated rings. The molecule has 388 valence electrons. The normalized spacial score (nSPS) is 51.6. The Kier molecular flexibility index (Phi) is 11.8. The Morgan fingerprint density at radius 1 is 0.543 bits per heavy atom. The predicted octanol–water partition coefficient (Wildman–Crippen LogP) is 13.0. The molecule has 0 amide bonds. The van der Waals surface area contributed by atoms with Gasteiger partial charge in [0.2, 0.25) is 0 Å². The average molecular weight is 965 g/mol. The number of hydrogen-bond acceptors (Lipinski definition) is 8. The first-order valence-electron chi connectivity index (χ1n) is 27.8. The first kappa shape index (κ1) is 52.0. The largest absolute Gasteiger partial charge is 0.469 e. The highest BCUT2D eigenvalue weighted by Gasteiger charge is 2.72. The van der Waals surface area contributed by atoms with Crippen molar-refractivity contribution < 1.29 is 38.6 Å². The number of aliphatic hydroxyl groups excluding tert-OH is 1. The lowest BCUT2D eigenvalue weighted by Crippen LogP contribution is -2.66. The Bertz CT molecular complexity index is 2370. The third-order valence-electron chi connectivity index (χ3n) is 25.8. The minimum atomic E-state index is -0.501. The number of allylic oxidation sites excluding steroid dienone is 6. The van der Waals surface area contributed by atoms with Gasteiger partial charge in [-0.25, -0.2) is 0 Å². The summed E-state index contributed by atoms with van der Waals surface area (Å²) < 4.78 is 10.5. The SMILES string of the molecule is COC(=O)[C@@]1(C)CC[C@]2(C)CC[C@]3(C)C(=CC(=O)[C@@H]4[C@@]5(C)C=CC(=O)C(C)(C)[C@@H]5CC[C@]43C)[C@H]2C1.COC(=O)[C@@]1(C)CC[C@]2(C)CC[C@]3(C)C(=CC(=O)[C@@H]4[C@@]5(C)CC[C@H](O)C(C)(C)[C@@H]5CC[C@]43C)[C@H]2C1. The van der Waals surface area contributed by atoms with E-state index in [9.17, 15) is 29.1 Å². The molecule has 8 nitrogen and oxygen atoms in total. The van der Waals surface area contributed by atoms with Crippen LogP contribution >= 0.6 is 0 Å². The maximum Gasteiger partial charge on any atom is 0.311 e. The number of aliphatic hydroxyl groups is 1. The number of carbonyl (C=O) groups excluding carboxylic acids is 5. The van der Waals surface area contributed by atoms with E-state index in [1.165, 1.54) is 25.4 Å². The van der Waals surface area contributed by atoms with Gasteiger partial charge in [0, 0.05) is 22.7 Å². The maximum absolute atomic E-state index is 14.3. The highest BCUT2D eigenvalue weighted by molar-refractivity contribution is 5.99. The van der Waals surface area contributed by atoms with E-state index < -0.39 is 16.2 Å². The third kappa shape index (κ3) is 6.62. The second-order valence-electron chi connectivity index (χ2n) is 29.6. The average Bonchev–Trinajstić information content (AvgIpc) is 3.28. The van der Waals surface area contributed by atoms with E-state index >= 15 is 0 Å². The van der Waals surface area contributed by atoms with Gasteiger partial charge in [0.05, 0.1) is 31.2 Å². The molecule has 0 aliphatic heterocycles. The molecule has 0 aromatic heterocycles. The van der Waals surface area contributed by atoms with Crippen molar-refractivity contribution in [2.75, 3.05) is 14.2 Å². The van der Waals surface area contributed by atoms with Crippen molar-refractivity contribution in [3.05, 3.63) is 35.5 Å². The molecule has 10 aliphatic rings. The molecule has 0 saturated heterocycles. The fourth-order valence-corrected chi connectivity index (χ4v) is 20.5. The first-order valence-corrected chi connectivity index (χ1v) is 27.8. The zero-order valence-corrected chi connectivity index (χ0v) is 46.5. The molecular formula is C62H92O8. The molecule has 70 heavy (non-hydrogen) atoms. The molecular weight excluding hydrogens is 873 g/mol. The lowest BCUT2D eigenvalue weighted by molar-refractivity contribution is -0.202. The van der Waals surface area contributed by atoms with Crippen LogP contribution in [-0.2, 0) is 33.4 Å². The van der Waals surface area contributed by atoms with Gasteiger partial charge in [-0.05, 0) is 202 Å². The van der Waals surface area contributed by atoms with Gasteiger partial charge >= 0.3 is 11.9 Å². The zero-order chi connectivity index (χ0) is 51.6. The van der Waals surface area contributed by atoms with Crippen molar-refractivity contribution in [2.45, 2.75) is 206 Å². The van der Waals surface area contributed by atoms with Crippen LogP contribution in [0.4, 0.5) is 0 Å². The lowest BCUT2D eigenvalue weighted by Gasteiger charge is -2.70. The van der Waals surface area contributed by atoms with Crippen LogP contribution in [0.25, 0.3) is 0 Å². The number of carbonyl (C=O) groups is 5. The van der Waals surface area contributed by atoms with E-state index in [0.29, 0.717) is 11.7 Å². The molecule has 10 aliphatic carbocycles. The van der Waals surface area contributed by atoms with Crippen LogP contribution in [0.3, 0.4) is 0 Å². The fourth-order valence-electron chi connectivity index (χ4n) is 20.5. The van der Waals surface area contributed by atoms with E-state index in [1.54, 1.807) is 6.08 Å². The lowest BCUT2D eigenvalue weighted by atomic mass is 9.33. The van der Waals surface area contributed by atoms with Crippen LogP contribution in [0.15, 0.2) is 35.5 Å². The van der Waals surface area contributed by atoms with Crippen LogP contribution in [-0.4, -0.2) is 54.7 Å². The number of fused-ring (bicyclic) bond motifs is 14. The predicted molar refractivity (Wildman–Crippen MR) is 274 cm³/mol. The van der Waals surface area contributed by atoms with Gasteiger partial charge in [0.1, 0.15) is 0 Å². The molecule has 10 rings (SSSR count). The van der Waals surface area contributed by atoms with Crippen molar-refractivity contribution in [3.63, 3.8) is 0 Å². The summed E-state index contributed by atoms with van der Waals surface area (Å²) in [4.78, 5) is 67.0. The summed E-state index contributed by atoms with van der Waals surface area (Å²) in [5, 5.41) is 10.9. The van der Waals surface area contributed by atoms with Crippen molar-refractivity contribution in [3.8, 4) is 0 Å². The second kappa shape index (κ2) is 15.8. The number of rotatable bonds is 2.